The lowest BCUT2D eigenvalue weighted by Gasteiger charge is -2.24. The van der Waals surface area contributed by atoms with Crippen molar-refractivity contribution in [2.24, 2.45) is 0 Å². The van der Waals surface area contributed by atoms with Crippen LogP contribution in [0.15, 0.2) is 72.8 Å². The molecule has 1 unspecified atom stereocenters. The fraction of sp³-hybridized carbons (Fsp3) is 0.250. The topological polar surface area (TPSA) is 12.5 Å². The molecule has 0 radical (unpaired) electrons. The summed E-state index contributed by atoms with van der Waals surface area (Å²) in [6.45, 7) is 7.77. The predicted octanol–water partition coefficient (Wildman–Crippen LogP) is 4.51. The minimum absolute atomic E-state index is 0.566. The summed E-state index contributed by atoms with van der Waals surface area (Å²) >= 11 is 0. The van der Waals surface area contributed by atoms with E-state index >= 15 is 0 Å². The Hall–Kier alpha value is -2.09. The van der Waals surface area contributed by atoms with E-state index in [1.165, 1.54) is 27.0 Å². The molecular formula is C24H30NOPSi. The molecule has 0 heterocycles. The van der Waals surface area contributed by atoms with Crippen molar-refractivity contribution in [2.45, 2.75) is 26.2 Å². The number of ether oxygens (including phenoxy) is 1. The van der Waals surface area contributed by atoms with Crippen LogP contribution < -0.4 is 25.4 Å². The lowest BCUT2D eigenvalue weighted by Crippen LogP contribution is -2.40. The second kappa shape index (κ2) is 8.94. The predicted molar refractivity (Wildman–Crippen MR) is 129 cm³/mol. The molecule has 146 valence electrons. The van der Waals surface area contributed by atoms with E-state index in [2.05, 4.69) is 105 Å². The van der Waals surface area contributed by atoms with Crippen molar-refractivity contribution in [3.05, 3.63) is 78.4 Å². The summed E-state index contributed by atoms with van der Waals surface area (Å²) in [5.41, 5.74) is 2.48. The van der Waals surface area contributed by atoms with Gasteiger partial charge < -0.3 is 9.64 Å². The second-order valence-corrected chi connectivity index (χ2v) is 14.6. The van der Waals surface area contributed by atoms with E-state index in [1.807, 2.05) is 6.07 Å². The van der Waals surface area contributed by atoms with Gasteiger partial charge in [-0.2, -0.15) is 0 Å². The largest absolute Gasteiger partial charge is 0.488 e. The van der Waals surface area contributed by atoms with Gasteiger partial charge in [-0.3, -0.25) is 0 Å². The second-order valence-electron chi connectivity index (χ2n) is 8.24. The number of benzene rings is 3. The van der Waals surface area contributed by atoms with Crippen LogP contribution in [-0.4, -0.2) is 22.2 Å². The van der Waals surface area contributed by atoms with Gasteiger partial charge in [-0.15, -0.1) is 0 Å². The minimum atomic E-state index is -1.53. The summed E-state index contributed by atoms with van der Waals surface area (Å²) in [5.74, 6) is 1.09. The summed E-state index contributed by atoms with van der Waals surface area (Å²) in [4.78, 5) is 2.19. The van der Waals surface area contributed by atoms with Crippen molar-refractivity contribution in [2.75, 3.05) is 19.0 Å². The van der Waals surface area contributed by atoms with Crippen LogP contribution in [0.2, 0.25) is 19.6 Å². The summed E-state index contributed by atoms with van der Waals surface area (Å²) in [5, 5.41) is 4.05. The van der Waals surface area contributed by atoms with E-state index in [0.717, 1.165) is 5.75 Å². The van der Waals surface area contributed by atoms with E-state index in [-0.39, 0.29) is 0 Å². The fourth-order valence-electron chi connectivity index (χ4n) is 3.23. The van der Waals surface area contributed by atoms with Crippen molar-refractivity contribution in [3.8, 4) is 5.75 Å². The third kappa shape index (κ3) is 5.04. The molecule has 3 rings (SSSR count). The molecule has 2 nitrogen and oxygen atoms in total. The molecule has 0 aromatic heterocycles. The number of nitrogens with zero attached hydrogens (tertiary/aromatic N) is 1. The Morgan fingerprint density at radius 3 is 2.11 bits per heavy atom. The molecule has 28 heavy (non-hydrogen) atoms. The van der Waals surface area contributed by atoms with Gasteiger partial charge in [0.25, 0.3) is 0 Å². The van der Waals surface area contributed by atoms with Crippen molar-refractivity contribution >= 4 is 38.1 Å². The Labute approximate surface area is 172 Å². The zero-order valence-corrected chi connectivity index (χ0v) is 19.5. The average Bonchev–Trinajstić information content (AvgIpc) is 2.67. The van der Waals surface area contributed by atoms with Crippen molar-refractivity contribution in [1.29, 1.82) is 0 Å². The van der Waals surface area contributed by atoms with Gasteiger partial charge in [-0.25, -0.2) is 0 Å². The highest BCUT2D eigenvalue weighted by atomic mass is 31.1. The van der Waals surface area contributed by atoms with Crippen LogP contribution in [0.25, 0.3) is 0 Å². The maximum atomic E-state index is 6.48. The van der Waals surface area contributed by atoms with Gasteiger partial charge in [0.1, 0.15) is 12.4 Å². The van der Waals surface area contributed by atoms with Crippen LogP contribution in [0.5, 0.6) is 5.75 Å². The highest BCUT2D eigenvalue weighted by Crippen LogP contribution is 2.25. The molecule has 0 saturated heterocycles. The van der Waals surface area contributed by atoms with Gasteiger partial charge in [-0.05, 0) is 16.8 Å². The van der Waals surface area contributed by atoms with Crippen LogP contribution in [0, 0.1) is 0 Å². The molecule has 3 aromatic carbocycles. The van der Waals surface area contributed by atoms with Crippen LogP contribution in [-0.2, 0) is 6.61 Å². The van der Waals surface area contributed by atoms with Crippen LogP contribution in [0.1, 0.15) is 5.56 Å². The summed E-state index contributed by atoms with van der Waals surface area (Å²) in [6.07, 6.45) is 0. The van der Waals surface area contributed by atoms with E-state index in [9.17, 15) is 0 Å². The molecule has 0 spiro atoms. The Kier molecular flexibility index (Phi) is 6.59. The van der Waals surface area contributed by atoms with E-state index < -0.39 is 8.07 Å². The molecule has 0 N–H and O–H groups in total. The van der Waals surface area contributed by atoms with Crippen molar-refractivity contribution < 1.29 is 4.74 Å². The van der Waals surface area contributed by atoms with Crippen LogP contribution in [0.4, 0.5) is 5.69 Å². The Morgan fingerprint density at radius 2 is 1.43 bits per heavy atom. The van der Waals surface area contributed by atoms with Gasteiger partial charge in [0.15, 0.2) is 0 Å². The number of hydrogen-bond acceptors (Lipinski definition) is 2. The van der Waals surface area contributed by atoms with E-state index in [4.69, 9.17) is 4.74 Å². The summed E-state index contributed by atoms with van der Waals surface area (Å²) in [7, 11) is 3.25. The zero-order chi connectivity index (χ0) is 20.1. The van der Waals surface area contributed by atoms with E-state index in [1.54, 1.807) is 0 Å². The Balaban J connectivity index is 1.99. The lowest BCUT2D eigenvalue weighted by atomic mass is 10.2. The molecule has 0 aliphatic heterocycles. The smallest absolute Gasteiger partial charge is 0.126 e. The maximum Gasteiger partial charge on any atom is 0.126 e. The number of para-hydroxylation sites is 2. The maximum absolute atomic E-state index is 6.48. The number of anilines is 1. The lowest BCUT2D eigenvalue weighted by molar-refractivity contribution is 0.311. The first-order valence-electron chi connectivity index (χ1n) is 9.70. The fourth-order valence-corrected chi connectivity index (χ4v) is 6.24. The number of rotatable bonds is 7. The monoisotopic (exact) mass is 407 g/mol. The first-order chi connectivity index (χ1) is 13.4. The highest BCUT2D eigenvalue weighted by molar-refractivity contribution is 7.56. The molecule has 0 saturated carbocycles. The van der Waals surface area contributed by atoms with Gasteiger partial charge >= 0.3 is 0 Å². The summed E-state index contributed by atoms with van der Waals surface area (Å²) < 4.78 is 6.48. The molecule has 4 heteroatoms. The van der Waals surface area contributed by atoms with Crippen LogP contribution >= 0.6 is 8.58 Å². The zero-order valence-electron chi connectivity index (χ0n) is 17.5. The third-order valence-corrected chi connectivity index (χ3v) is 8.07. The summed E-state index contributed by atoms with van der Waals surface area (Å²) in [6, 6.07) is 25.8. The molecule has 0 aliphatic carbocycles. The van der Waals surface area contributed by atoms with Gasteiger partial charge in [0, 0.05) is 30.4 Å². The molecular weight excluding hydrogens is 377 g/mol. The molecule has 0 aliphatic rings. The van der Waals surface area contributed by atoms with Gasteiger partial charge in [0.05, 0.1) is 8.07 Å². The number of hydrogen-bond donors (Lipinski definition) is 0. The Morgan fingerprint density at radius 1 is 0.786 bits per heavy atom. The SMILES string of the molecule is CN(C)c1ccccc1Pc1cccc([Si](C)(C)C)c1OCc1ccccc1. The van der Waals surface area contributed by atoms with Crippen LogP contribution in [0.3, 0.4) is 0 Å². The quantitative estimate of drug-likeness (QED) is 0.422. The highest BCUT2D eigenvalue weighted by Gasteiger charge is 2.23. The molecule has 1 atom stereocenters. The standard InChI is InChI=1S/C24H30NOPSi/c1-25(2)20-14-9-10-15-21(20)27-22-16-11-17-23(28(3,4)5)24(22)26-18-19-12-7-6-8-13-19/h6-17,27H,18H2,1-5H3. The Bertz CT molecular complexity index is 919. The third-order valence-electron chi connectivity index (χ3n) is 4.70. The first-order valence-corrected chi connectivity index (χ1v) is 14.2. The molecule has 0 bridgehead atoms. The molecule has 3 aromatic rings. The average molecular weight is 408 g/mol. The van der Waals surface area contributed by atoms with Gasteiger partial charge in [0.2, 0.25) is 0 Å². The van der Waals surface area contributed by atoms with E-state index in [0.29, 0.717) is 15.2 Å². The molecule has 0 amide bonds. The van der Waals surface area contributed by atoms with Gasteiger partial charge in [-0.1, -0.05) is 95.0 Å². The molecule has 0 fully saturated rings. The normalized spacial score (nSPS) is 11.8. The van der Waals surface area contributed by atoms with Crippen molar-refractivity contribution in [1.82, 2.24) is 0 Å². The first kappa shape index (κ1) is 20.6. The van der Waals surface area contributed by atoms with Crippen molar-refractivity contribution in [3.63, 3.8) is 0 Å². The minimum Gasteiger partial charge on any atom is -0.488 e.